The lowest BCUT2D eigenvalue weighted by molar-refractivity contribution is -0.136. The molecule has 0 aromatic heterocycles. The lowest BCUT2D eigenvalue weighted by atomic mass is 10.1. The number of fused-ring (bicyclic) bond motifs is 1. The second kappa shape index (κ2) is 7.70. The van der Waals surface area contributed by atoms with E-state index in [0.29, 0.717) is 11.1 Å². The van der Waals surface area contributed by atoms with Crippen molar-refractivity contribution in [2.45, 2.75) is 4.90 Å². The summed E-state index contributed by atoms with van der Waals surface area (Å²) in [6, 6.07) is 6.56. The van der Waals surface area contributed by atoms with Gasteiger partial charge in [0.15, 0.2) is 0 Å². The smallest absolute Gasteiger partial charge is 0.337 e. The van der Waals surface area contributed by atoms with Crippen LogP contribution in [0.5, 0.6) is 5.75 Å². The molecule has 0 radical (unpaired) electrons. The van der Waals surface area contributed by atoms with Crippen LogP contribution in [0.1, 0.15) is 0 Å². The number of carbonyl (C=O) groups excluding carboxylic acids is 2. The van der Waals surface area contributed by atoms with E-state index in [1.54, 1.807) is 0 Å². The van der Waals surface area contributed by atoms with E-state index in [9.17, 15) is 27.7 Å². The Balaban J connectivity index is 2.03. The molecule has 1 aliphatic rings. The number of amides is 1. The number of esters is 1. The number of benzene rings is 2. The summed E-state index contributed by atoms with van der Waals surface area (Å²) in [4.78, 5) is 25.4. The van der Waals surface area contributed by atoms with Crippen molar-refractivity contribution in [3.05, 3.63) is 41.6 Å². The first-order valence-electron chi connectivity index (χ1n) is 8.38. The van der Waals surface area contributed by atoms with Crippen molar-refractivity contribution in [2.75, 3.05) is 32.1 Å². The molecule has 1 aliphatic heterocycles. The van der Waals surface area contributed by atoms with Gasteiger partial charge in [0.1, 0.15) is 11.4 Å². The molecule has 0 aliphatic carbocycles. The summed E-state index contributed by atoms with van der Waals surface area (Å²) in [6.45, 7) is -0.273. The number of aliphatic hydroxyl groups excluding tert-OH is 1. The molecular weight excluding hydrogens is 404 g/mol. The maximum absolute atomic E-state index is 12.6. The number of anilines is 1. The first-order chi connectivity index (χ1) is 13.7. The zero-order chi connectivity index (χ0) is 21.3. The Kier molecular flexibility index (Phi) is 5.46. The number of rotatable bonds is 6. The summed E-state index contributed by atoms with van der Waals surface area (Å²) in [5, 5.41) is 22.5. The lowest BCUT2D eigenvalue weighted by Gasteiger charge is -2.15. The number of hydrogen-bond donors (Lipinski definition) is 4. The first-order valence-corrected chi connectivity index (χ1v) is 9.82. The summed E-state index contributed by atoms with van der Waals surface area (Å²) in [7, 11) is -3.35. The maximum atomic E-state index is 12.6. The summed E-state index contributed by atoms with van der Waals surface area (Å²) >= 11 is 0. The monoisotopic (exact) mass is 422 g/mol. The number of hydrogen-bond acceptors (Lipinski definition) is 8. The molecule has 2 aromatic rings. The fourth-order valence-corrected chi connectivity index (χ4v) is 3.58. The quantitative estimate of drug-likeness (QED) is 0.384. The van der Waals surface area contributed by atoms with Crippen LogP contribution in [0.15, 0.2) is 46.5 Å². The predicted octanol–water partition coefficient (Wildman–Crippen LogP) is 0.466. The van der Waals surface area contributed by atoms with Crippen molar-refractivity contribution in [1.29, 1.82) is 0 Å². The molecule has 0 saturated heterocycles. The summed E-state index contributed by atoms with van der Waals surface area (Å²) in [5.74, 6) is -1.55. The highest BCUT2D eigenvalue weighted by molar-refractivity contribution is 7.85. The number of β-amino-alcohol motifs (C(OH)–C–C–N with tert-alkyl or cyclic N) is 1. The molecule has 29 heavy (non-hydrogen) atoms. The van der Waals surface area contributed by atoms with Gasteiger partial charge in [0, 0.05) is 23.7 Å². The number of phenols is 1. The van der Waals surface area contributed by atoms with Crippen molar-refractivity contribution < 1.29 is 37.5 Å². The van der Waals surface area contributed by atoms with Crippen LogP contribution in [-0.4, -0.2) is 66.8 Å². The first kappa shape index (κ1) is 20.6. The standard InChI is InChI=1S/C18H18N2O8S/c1-28-18(24)14-9-20(4-5-21)17(23)16(14)19-11-2-3-13-10(6-11)7-12(8-15(13)22)29(25,26)27/h2-3,6-8,19,21-22H,4-5,9H2,1H3,(H,25,26,27). The largest absolute Gasteiger partial charge is 0.507 e. The van der Waals surface area contributed by atoms with Gasteiger partial charge in [-0.25, -0.2) is 4.79 Å². The number of nitrogens with one attached hydrogen (secondary N) is 1. The van der Waals surface area contributed by atoms with E-state index in [-0.39, 0.29) is 42.1 Å². The highest BCUT2D eigenvalue weighted by Gasteiger charge is 2.34. The van der Waals surface area contributed by atoms with Crippen LogP contribution in [0, 0.1) is 0 Å². The van der Waals surface area contributed by atoms with E-state index in [2.05, 4.69) is 5.32 Å². The Morgan fingerprint density at radius 2 is 2.00 bits per heavy atom. The normalized spacial score (nSPS) is 14.6. The topological polar surface area (TPSA) is 153 Å². The minimum atomic E-state index is -4.53. The molecule has 0 atom stereocenters. The molecule has 0 saturated carbocycles. The zero-order valence-electron chi connectivity index (χ0n) is 15.2. The average Bonchev–Trinajstić information content (AvgIpc) is 2.96. The third kappa shape index (κ3) is 4.01. The van der Waals surface area contributed by atoms with Crippen LogP contribution in [0.3, 0.4) is 0 Å². The second-order valence-electron chi connectivity index (χ2n) is 6.27. The molecule has 0 bridgehead atoms. The van der Waals surface area contributed by atoms with Gasteiger partial charge < -0.3 is 25.2 Å². The molecular formula is C18H18N2O8S. The van der Waals surface area contributed by atoms with E-state index in [4.69, 9.17) is 9.84 Å². The van der Waals surface area contributed by atoms with Crippen LogP contribution < -0.4 is 5.32 Å². The summed E-state index contributed by atoms with van der Waals surface area (Å²) < 4.78 is 36.7. The number of phenolic OH excluding ortho intramolecular Hbond substituents is 1. The number of aliphatic hydroxyl groups is 1. The van der Waals surface area contributed by atoms with Gasteiger partial charge in [-0.1, -0.05) is 0 Å². The van der Waals surface area contributed by atoms with Crippen LogP contribution in [0.25, 0.3) is 10.8 Å². The Labute approximate surface area is 165 Å². The van der Waals surface area contributed by atoms with Crippen molar-refractivity contribution in [1.82, 2.24) is 4.90 Å². The molecule has 10 nitrogen and oxygen atoms in total. The van der Waals surface area contributed by atoms with Crippen LogP contribution in [0.2, 0.25) is 0 Å². The van der Waals surface area contributed by atoms with Crippen LogP contribution in [0.4, 0.5) is 5.69 Å². The fraction of sp³-hybridized carbons (Fsp3) is 0.222. The van der Waals surface area contributed by atoms with Gasteiger partial charge >= 0.3 is 5.97 Å². The number of ether oxygens (including phenoxy) is 1. The molecule has 11 heteroatoms. The molecule has 0 spiro atoms. The Bertz CT molecular complexity index is 1140. The Morgan fingerprint density at radius 3 is 2.62 bits per heavy atom. The Morgan fingerprint density at radius 1 is 1.28 bits per heavy atom. The highest BCUT2D eigenvalue weighted by Crippen LogP contribution is 2.32. The minimum Gasteiger partial charge on any atom is -0.507 e. The van der Waals surface area contributed by atoms with Crippen molar-refractivity contribution >= 4 is 38.5 Å². The molecule has 0 unspecified atom stereocenters. The van der Waals surface area contributed by atoms with Crippen molar-refractivity contribution in [3.63, 3.8) is 0 Å². The predicted molar refractivity (Wildman–Crippen MR) is 102 cm³/mol. The SMILES string of the molecule is COC(=O)C1=C(Nc2ccc3c(O)cc(S(=O)(=O)O)cc3c2)C(=O)N(CCO)C1. The van der Waals surface area contributed by atoms with Gasteiger partial charge in [0.05, 0.1) is 30.7 Å². The zero-order valence-corrected chi connectivity index (χ0v) is 16.1. The third-order valence-electron chi connectivity index (χ3n) is 4.42. The maximum Gasteiger partial charge on any atom is 0.337 e. The second-order valence-corrected chi connectivity index (χ2v) is 7.70. The van der Waals surface area contributed by atoms with Gasteiger partial charge in [-0.2, -0.15) is 8.42 Å². The van der Waals surface area contributed by atoms with E-state index in [0.717, 1.165) is 6.07 Å². The summed E-state index contributed by atoms with van der Waals surface area (Å²) in [5.41, 5.74) is 0.389. The van der Waals surface area contributed by atoms with Crippen LogP contribution >= 0.6 is 0 Å². The van der Waals surface area contributed by atoms with E-state index in [1.165, 1.54) is 36.3 Å². The fourth-order valence-electron chi connectivity index (χ4n) is 3.04. The summed E-state index contributed by atoms with van der Waals surface area (Å²) in [6.07, 6.45) is 0. The van der Waals surface area contributed by atoms with Gasteiger partial charge in [-0.15, -0.1) is 0 Å². The average molecular weight is 422 g/mol. The molecule has 3 rings (SSSR count). The molecule has 1 heterocycles. The Hall–Kier alpha value is -3.15. The number of nitrogens with zero attached hydrogens (tertiary/aromatic N) is 1. The number of carbonyl (C=O) groups is 2. The molecule has 1 amide bonds. The number of methoxy groups -OCH3 is 1. The van der Waals surface area contributed by atoms with E-state index < -0.39 is 26.9 Å². The van der Waals surface area contributed by atoms with Gasteiger partial charge in [0.25, 0.3) is 16.0 Å². The molecule has 2 aromatic carbocycles. The lowest BCUT2D eigenvalue weighted by Crippen LogP contribution is -2.31. The highest BCUT2D eigenvalue weighted by atomic mass is 32.2. The van der Waals surface area contributed by atoms with Crippen molar-refractivity contribution in [2.24, 2.45) is 0 Å². The molecule has 4 N–H and O–H groups in total. The van der Waals surface area contributed by atoms with Gasteiger partial charge in [-0.3, -0.25) is 9.35 Å². The minimum absolute atomic E-state index is 0.0280. The third-order valence-corrected chi connectivity index (χ3v) is 5.26. The van der Waals surface area contributed by atoms with Gasteiger partial charge in [0.2, 0.25) is 0 Å². The van der Waals surface area contributed by atoms with Gasteiger partial charge in [-0.05, 0) is 29.7 Å². The number of aromatic hydroxyl groups is 1. The van der Waals surface area contributed by atoms with Crippen molar-refractivity contribution in [3.8, 4) is 5.75 Å². The molecule has 0 fully saturated rings. The van der Waals surface area contributed by atoms with E-state index >= 15 is 0 Å². The molecule has 154 valence electrons. The van der Waals surface area contributed by atoms with Crippen LogP contribution in [-0.2, 0) is 24.4 Å². The van der Waals surface area contributed by atoms with E-state index in [1.807, 2.05) is 0 Å².